The number of hydrogen-bond acceptors (Lipinski definition) is 2. The smallest absolute Gasteiger partial charge is 0.127 e. The van der Waals surface area contributed by atoms with Crippen LogP contribution in [0.3, 0.4) is 0 Å². The van der Waals surface area contributed by atoms with Gasteiger partial charge in [-0.2, -0.15) is 0 Å². The molecule has 0 unspecified atom stereocenters. The van der Waals surface area contributed by atoms with Gasteiger partial charge in [0.25, 0.3) is 0 Å². The van der Waals surface area contributed by atoms with E-state index in [9.17, 15) is 4.39 Å². The summed E-state index contributed by atoms with van der Waals surface area (Å²) in [5.74, 6) is 1.05. The fourth-order valence-corrected chi connectivity index (χ4v) is 2.37. The highest BCUT2D eigenvalue weighted by Gasteiger charge is 2.06. The Bertz CT molecular complexity index is 604. The molecule has 0 fully saturated rings. The van der Waals surface area contributed by atoms with Gasteiger partial charge in [0.05, 0.1) is 7.11 Å². The van der Waals surface area contributed by atoms with Crippen LogP contribution in [0, 0.1) is 5.82 Å². The molecule has 0 bridgehead atoms. The van der Waals surface area contributed by atoms with Gasteiger partial charge < -0.3 is 9.47 Å². The molecule has 0 heterocycles. The summed E-state index contributed by atoms with van der Waals surface area (Å²) >= 11 is 9.11. The van der Waals surface area contributed by atoms with Crippen LogP contribution in [0.4, 0.5) is 4.39 Å². The number of halogens is 3. The van der Waals surface area contributed by atoms with Gasteiger partial charge in [0.15, 0.2) is 0 Å². The first-order valence-corrected chi connectivity index (χ1v) is 7.26. The van der Waals surface area contributed by atoms with E-state index in [2.05, 4.69) is 15.9 Å². The van der Waals surface area contributed by atoms with E-state index in [1.807, 2.05) is 18.2 Å². The lowest BCUT2D eigenvalue weighted by atomic mass is 10.2. The first kappa shape index (κ1) is 15.1. The minimum atomic E-state index is -0.362. The van der Waals surface area contributed by atoms with Crippen molar-refractivity contribution >= 4 is 27.5 Å². The summed E-state index contributed by atoms with van der Waals surface area (Å²) in [5, 5.41) is 0. The molecule has 20 heavy (non-hydrogen) atoms. The molecule has 0 amide bonds. The zero-order valence-electron chi connectivity index (χ0n) is 10.8. The molecule has 0 aliphatic carbocycles. The lowest BCUT2D eigenvalue weighted by Gasteiger charge is -2.11. The van der Waals surface area contributed by atoms with Crippen LogP contribution in [-0.4, -0.2) is 7.11 Å². The molecule has 2 rings (SSSR count). The molecule has 5 heteroatoms. The van der Waals surface area contributed by atoms with Crippen LogP contribution >= 0.6 is 27.5 Å². The van der Waals surface area contributed by atoms with Gasteiger partial charge in [0, 0.05) is 22.0 Å². The fourth-order valence-electron chi connectivity index (χ4n) is 1.80. The predicted molar refractivity (Wildman–Crippen MR) is 81.0 cm³/mol. The van der Waals surface area contributed by atoms with Gasteiger partial charge in [-0.05, 0) is 35.9 Å². The van der Waals surface area contributed by atoms with Gasteiger partial charge in [0.1, 0.15) is 23.9 Å². The molecule has 2 nitrogen and oxygen atoms in total. The molecular formula is C15H13BrClFO2. The summed E-state index contributed by atoms with van der Waals surface area (Å²) < 4.78 is 25.2. The highest BCUT2D eigenvalue weighted by molar-refractivity contribution is 9.10. The molecular weight excluding hydrogens is 347 g/mol. The molecule has 0 saturated heterocycles. The first-order valence-electron chi connectivity index (χ1n) is 5.93. The van der Waals surface area contributed by atoms with Gasteiger partial charge in [-0.25, -0.2) is 4.39 Å². The van der Waals surface area contributed by atoms with Gasteiger partial charge in [-0.15, -0.1) is 11.6 Å². The van der Waals surface area contributed by atoms with E-state index in [1.165, 1.54) is 12.1 Å². The number of benzene rings is 2. The Kier molecular flexibility index (Phi) is 5.26. The van der Waals surface area contributed by atoms with Crippen molar-refractivity contribution in [2.75, 3.05) is 7.11 Å². The monoisotopic (exact) mass is 358 g/mol. The Morgan fingerprint density at radius 3 is 2.70 bits per heavy atom. The molecule has 2 aromatic rings. The highest BCUT2D eigenvalue weighted by atomic mass is 79.9. The number of methoxy groups -OCH3 is 1. The Labute approximate surface area is 130 Å². The number of alkyl halides is 1. The van der Waals surface area contributed by atoms with E-state index in [4.69, 9.17) is 21.1 Å². The average Bonchev–Trinajstić information content (AvgIpc) is 2.44. The molecule has 0 atom stereocenters. The van der Waals surface area contributed by atoms with Crippen molar-refractivity contribution in [2.24, 2.45) is 0 Å². The van der Waals surface area contributed by atoms with Crippen LogP contribution in [0.25, 0.3) is 0 Å². The molecule has 2 aromatic carbocycles. The third-order valence-electron chi connectivity index (χ3n) is 2.72. The maximum atomic E-state index is 13.4. The number of ether oxygens (including phenoxy) is 2. The predicted octanol–water partition coefficient (Wildman–Crippen LogP) is 4.91. The normalized spacial score (nSPS) is 10.4. The summed E-state index contributed by atoms with van der Waals surface area (Å²) in [6, 6.07) is 10.1. The molecule has 0 aliphatic rings. The van der Waals surface area contributed by atoms with Crippen LogP contribution in [0.1, 0.15) is 11.1 Å². The van der Waals surface area contributed by atoms with Crippen LogP contribution < -0.4 is 9.47 Å². The maximum Gasteiger partial charge on any atom is 0.127 e. The minimum Gasteiger partial charge on any atom is -0.496 e. The van der Waals surface area contributed by atoms with E-state index in [0.717, 1.165) is 15.8 Å². The topological polar surface area (TPSA) is 18.5 Å². The summed E-state index contributed by atoms with van der Waals surface area (Å²) in [4.78, 5) is 0. The third-order valence-corrected chi connectivity index (χ3v) is 3.52. The molecule has 0 aliphatic heterocycles. The highest BCUT2D eigenvalue weighted by Crippen LogP contribution is 2.25. The van der Waals surface area contributed by atoms with Gasteiger partial charge in [-0.3, -0.25) is 0 Å². The second-order valence-corrected chi connectivity index (χ2v) is 5.36. The second kappa shape index (κ2) is 6.95. The Morgan fingerprint density at radius 2 is 2.00 bits per heavy atom. The Balaban J connectivity index is 2.16. The number of rotatable bonds is 5. The summed E-state index contributed by atoms with van der Waals surface area (Å²) in [6.45, 7) is 0.286. The zero-order chi connectivity index (χ0) is 14.5. The molecule has 0 radical (unpaired) electrons. The fraction of sp³-hybridized carbons (Fsp3) is 0.200. The lowest BCUT2D eigenvalue weighted by molar-refractivity contribution is 0.295. The van der Waals surface area contributed by atoms with E-state index >= 15 is 0 Å². The van der Waals surface area contributed by atoms with Gasteiger partial charge >= 0.3 is 0 Å². The van der Waals surface area contributed by atoms with Crippen molar-refractivity contribution in [1.82, 2.24) is 0 Å². The summed E-state index contributed by atoms with van der Waals surface area (Å²) in [5.41, 5.74) is 1.56. The largest absolute Gasteiger partial charge is 0.496 e. The van der Waals surface area contributed by atoms with E-state index in [-0.39, 0.29) is 18.3 Å². The van der Waals surface area contributed by atoms with E-state index < -0.39 is 0 Å². The SMILES string of the molecule is COc1ccc(Br)cc1COc1cc(F)cc(CCl)c1. The Hall–Kier alpha value is -1.26. The van der Waals surface area contributed by atoms with Crippen LogP contribution in [0.5, 0.6) is 11.5 Å². The lowest BCUT2D eigenvalue weighted by Crippen LogP contribution is -1.99. The third kappa shape index (κ3) is 3.87. The quantitative estimate of drug-likeness (QED) is 0.706. The van der Waals surface area contributed by atoms with Crippen molar-refractivity contribution < 1.29 is 13.9 Å². The van der Waals surface area contributed by atoms with E-state index in [1.54, 1.807) is 13.2 Å². The van der Waals surface area contributed by atoms with Crippen molar-refractivity contribution in [3.63, 3.8) is 0 Å². The maximum absolute atomic E-state index is 13.4. The molecule has 106 valence electrons. The summed E-state index contributed by atoms with van der Waals surface area (Å²) in [7, 11) is 1.60. The van der Waals surface area contributed by atoms with E-state index in [0.29, 0.717) is 11.3 Å². The van der Waals surface area contributed by atoms with Crippen molar-refractivity contribution in [2.45, 2.75) is 12.5 Å². The van der Waals surface area contributed by atoms with Crippen LogP contribution in [0.15, 0.2) is 40.9 Å². The zero-order valence-corrected chi connectivity index (χ0v) is 13.2. The molecule has 0 saturated carbocycles. The van der Waals surface area contributed by atoms with Crippen LogP contribution in [-0.2, 0) is 12.5 Å². The first-order chi connectivity index (χ1) is 9.62. The van der Waals surface area contributed by atoms with Gasteiger partial charge in [-0.1, -0.05) is 15.9 Å². The second-order valence-electron chi connectivity index (χ2n) is 4.17. The molecule has 0 N–H and O–H groups in total. The average molecular weight is 360 g/mol. The molecule has 0 spiro atoms. The Morgan fingerprint density at radius 1 is 1.20 bits per heavy atom. The number of hydrogen-bond donors (Lipinski definition) is 0. The molecule has 0 aromatic heterocycles. The summed E-state index contributed by atoms with van der Waals surface area (Å²) in [6.07, 6.45) is 0. The van der Waals surface area contributed by atoms with Crippen LogP contribution in [0.2, 0.25) is 0 Å². The minimum absolute atomic E-state index is 0.244. The standard InChI is InChI=1S/C15H13BrClFO2/c1-19-15-3-2-12(16)6-11(15)9-20-14-5-10(8-17)4-13(18)7-14/h2-7H,8-9H2,1H3. The van der Waals surface area contributed by atoms with Gasteiger partial charge in [0.2, 0.25) is 0 Å². The van der Waals surface area contributed by atoms with Crippen molar-refractivity contribution in [1.29, 1.82) is 0 Å². The van der Waals surface area contributed by atoms with Crippen molar-refractivity contribution in [3.8, 4) is 11.5 Å². The van der Waals surface area contributed by atoms with Crippen molar-refractivity contribution in [3.05, 3.63) is 57.8 Å².